The van der Waals surface area contributed by atoms with Crippen molar-refractivity contribution < 1.29 is 14.2 Å². The standard InChI is InChI=1S/C21H27NO3/c1-23-18-8-6-16(7-9-18)5-4-11-22-12-10-20-17(15-22)13-19(24-2)14-21(20)25-3/h6-9,13-14H,4-5,10-12,15H2,1-3H3. The van der Waals surface area contributed by atoms with Crippen LogP contribution in [0.15, 0.2) is 36.4 Å². The maximum Gasteiger partial charge on any atom is 0.126 e. The van der Waals surface area contributed by atoms with Crippen molar-refractivity contribution in [3.05, 3.63) is 53.1 Å². The first-order valence-electron chi connectivity index (χ1n) is 8.82. The summed E-state index contributed by atoms with van der Waals surface area (Å²) in [6.07, 6.45) is 3.28. The van der Waals surface area contributed by atoms with Crippen molar-refractivity contribution in [2.75, 3.05) is 34.4 Å². The van der Waals surface area contributed by atoms with Gasteiger partial charge in [-0.3, -0.25) is 4.90 Å². The second-order valence-corrected chi connectivity index (χ2v) is 6.45. The highest BCUT2D eigenvalue weighted by molar-refractivity contribution is 5.47. The summed E-state index contributed by atoms with van der Waals surface area (Å²) in [5, 5.41) is 0. The number of benzene rings is 2. The molecular weight excluding hydrogens is 314 g/mol. The molecule has 25 heavy (non-hydrogen) atoms. The van der Waals surface area contributed by atoms with E-state index in [1.807, 2.05) is 18.2 Å². The molecule has 4 heteroatoms. The quantitative estimate of drug-likeness (QED) is 0.768. The first-order valence-corrected chi connectivity index (χ1v) is 8.82. The normalized spacial score (nSPS) is 14.0. The number of fused-ring (bicyclic) bond motifs is 1. The van der Waals surface area contributed by atoms with Gasteiger partial charge in [0.25, 0.3) is 0 Å². The van der Waals surface area contributed by atoms with Crippen LogP contribution in [-0.2, 0) is 19.4 Å². The number of rotatable bonds is 7. The lowest BCUT2D eigenvalue weighted by atomic mass is 9.97. The Hall–Kier alpha value is -2.20. The predicted octanol–water partition coefficient (Wildman–Crippen LogP) is 3.70. The third kappa shape index (κ3) is 4.26. The molecule has 1 aliphatic rings. The lowest BCUT2D eigenvalue weighted by Crippen LogP contribution is -2.31. The van der Waals surface area contributed by atoms with Gasteiger partial charge in [0, 0.05) is 24.7 Å². The van der Waals surface area contributed by atoms with Gasteiger partial charge < -0.3 is 14.2 Å². The number of hydrogen-bond donors (Lipinski definition) is 0. The van der Waals surface area contributed by atoms with Gasteiger partial charge in [-0.25, -0.2) is 0 Å². The first-order chi connectivity index (χ1) is 12.2. The molecule has 1 aliphatic heterocycles. The van der Waals surface area contributed by atoms with E-state index in [0.717, 1.165) is 56.1 Å². The van der Waals surface area contributed by atoms with Crippen molar-refractivity contribution in [3.8, 4) is 17.2 Å². The Balaban J connectivity index is 1.57. The van der Waals surface area contributed by atoms with E-state index in [2.05, 4.69) is 23.1 Å². The first kappa shape index (κ1) is 17.6. The molecule has 0 spiro atoms. The zero-order valence-electron chi connectivity index (χ0n) is 15.4. The molecule has 0 fully saturated rings. The van der Waals surface area contributed by atoms with Gasteiger partial charge in [-0.15, -0.1) is 0 Å². The van der Waals surface area contributed by atoms with Crippen molar-refractivity contribution in [1.82, 2.24) is 4.90 Å². The van der Waals surface area contributed by atoms with E-state index in [1.165, 1.54) is 16.7 Å². The molecule has 0 amide bonds. The number of aryl methyl sites for hydroxylation is 1. The monoisotopic (exact) mass is 341 g/mol. The van der Waals surface area contributed by atoms with E-state index in [1.54, 1.807) is 21.3 Å². The second-order valence-electron chi connectivity index (χ2n) is 6.45. The van der Waals surface area contributed by atoms with Crippen LogP contribution in [0.3, 0.4) is 0 Å². The number of methoxy groups -OCH3 is 3. The third-order valence-corrected chi connectivity index (χ3v) is 4.90. The van der Waals surface area contributed by atoms with Gasteiger partial charge >= 0.3 is 0 Å². The highest BCUT2D eigenvalue weighted by Gasteiger charge is 2.20. The third-order valence-electron chi connectivity index (χ3n) is 4.90. The highest BCUT2D eigenvalue weighted by atomic mass is 16.5. The Morgan fingerprint density at radius 1 is 0.920 bits per heavy atom. The van der Waals surface area contributed by atoms with Crippen LogP contribution in [0.4, 0.5) is 0 Å². The lowest BCUT2D eigenvalue weighted by Gasteiger charge is -2.30. The topological polar surface area (TPSA) is 30.9 Å². The van der Waals surface area contributed by atoms with E-state index in [4.69, 9.17) is 14.2 Å². The number of hydrogen-bond acceptors (Lipinski definition) is 4. The fourth-order valence-electron chi connectivity index (χ4n) is 3.48. The molecule has 0 saturated heterocycles. The molecule has 0 atom stereocenters. The zero-order valence-corrected chi connectivity index (χ0v) is 15.4. The van der Waals surface area contributed by atoms with Crippen molar-refractivity contribution in [1.29, 1.82) is 0 Å². The minimum atomic E-state index is 0.871. The highest BCUT2D eigenvalue weighted by Crippen LogP contribution is 2.32. The fraction of sp³-hybridized carbons (Fsp3) is 0.429. The maximum absolute atomic E-state index is 5.54. The minimum absolute atomic E-state index is 0.871. The van der Waals surface area contributed by atoms with Crippen molar-refractivity contribution in [2.24, 2.45) is 0 Å². The van der Waals surface area contributed by atoms with Gasteiger partial charge in [-0.05, 0) is 55.1 Å². The summed E-state index contributed by atoms with van der Waals surface area (Å²) < 4.78 is 16.2. The SMILES string of the molecule is COc1ccc(CCCN2CCc3c(cc(OC)cc3OC)C2)cc1. The van der Waals surface area contributed by atoms with Crippen LogP contribution >= 0.6 is 0 Å². The maximum atomic E-state index is 5.54. The Bertz CT molecular complexity index is 697. The summed E-state index contributed by atoms with van der Waals surface area (Å²) >= 11 is 0. The summed E-state index contributed by atoms with van der Waals surface area (Å²) in [5.41, 5.74) is 4.02. The van der Waals surface area contributed by atoms with Crippen LogP contribution in [-0.4, -0.2) is 39.3 Å². The molecule has 134 valence electrons. The van der Waals surface area contributed by atoms with Crippen molar-refractivity contribution in [2.45, 2.75) is 25.8 Å². The molecule has 3 rings (SSSR count). The molecule has 0 bridgehead atoms. The summed E-state index contributed by atoms with van der Waals surface area (Å²) in [5.74, 6) is 2.74. The van der Waals surface area contributed by atoms with Gasteiger partial charge in [0.2, 0.25) is 0 Å². The molecule has 0 unspecified atom stereocenters. The lowest BCUT2D eigenvalue weighted by molar-refractivity contribution is 0.247. The molecule has 2 aromatic carbocycles. The molecular formula is C21H27NO3. The Kier molecular flexibility index (Phi) is 5.82. The predicted molar refractivity (Wildman–Crippen MR) is 99.8 cm³/mol. The Labute approximate surface area is 150 Å². The average Bonchev–Trinajstić information content (AvgIpc) is 2.67. The van der Waals surface area contributed by atoms with E-state index in [0.29, 0.717) is 0 Å². The van der Waals surface area contributed by atoms with Crippen LogP contribution in [0.5, 0.6) is 17.2 Å². The molecule has 0 aliphatic carbocycles. The number of nitrogens with zero attached hydrogens (tertiary/aromatic N) is 1. The summed E-state index contributed by atoms with van der Waals surface area (Å²) in [6.45, 7) is 3.15. The Morgan fingerprint density at radius 3 is 2.36 bits per heavy atom. The molecule has 0 radical (unpaired) electrons. The molecule has 0 aromatic heterocycles. The van der Waals surface area contributed by atoms with E-state index < -0.39 is 0 Å². The molecule has 4 nitrogen and oxygen atoms in total. The van der Waals surface area contributed by atoms with Crippen molar-refractivity contribution in [3.63, 3.8) is 0 Å². The van der Waals surface area contributed by atoms with Crippen LogP contribution in [0, 0.1) is 0 Å². The van der Waals surface area contributed by atoms with Gasteiger partial charge in [0.1, 0.15) is 17.2 Å². The van der Waals surface area contributed by atoms with Gasteiger partial charge in [-0.1, -0.05) is 12.1 Å². The van der Waals surface area contributed by atoms with Crippen LogP contribution in [0.25, 0.3) is 0 Å². The molecule has 1 heterocycles. The fourth-order valence-corrected chi connectivity index (χ4v) is 3.48. The summed E-state index contributed by atoms with van der Waals surface area (Å²) in [7, 11) is 5.14. The molecule has 0 saturated carbocycles. The van der Waals surface area contributed by atoms with Gasteiger partial charge in [-0.2, -0.15) is 0 Å². The summed E-state index contributed by atoms with van der Waals surface area (Å²) in [4.78, 5) is 2.52. The smallest absolute Gasteiger partial charge is 0.126 e. The van der Waals surface area contributed by atoms with E-state index >= 15 is 0 Å². The van der Waals surface area contributed by atoms with Crippen LogP contribution < -0.4 is 14.2 Å². The molecule has 2 aromatic rings. The molecule has 0 N–H and O–H groups in total. The summed E-state index contributed by atoms with van der Waals surface area (Å²) in [6, 6.07) is 12.5. The second kappa shape index (κ2) is 8.26. The van der Waals surface area contributed by atoms with Crippen LogP contribution in [0.2, 0.25) is 0 Å². The number of ether oxygens (including phenoxy) is 3. The largest absolute Gasteiger partial charge is 0.497 e. The van der Waals surface area contributed by atoms with E-state index in [-0.39, 0.29) is 0 Å². The minimum Gasteiger partial charge on any atom is -0.497 e. The van der Waals surface area contributed by atoms with Crippen molar-refractivity contribution >= 4 is 0 Å². The van der Waals surface area contributed by atoms with Gasteiger partial charge in [0.15, 0.2) is 0 Å². The van der Waals surface area contributed by atoms with E-state index in [9.17, 15) is 0 Å². The average molecular weight is 341 g/mol. The Morgan fingerprint density at radius 2 is 1.68 bits per heavy atom. The zero-order chi connectivity index (χ0) is 17.6. The van der Waals surface area contributed by atoms with Gasteiger partial charge in [0.05, 0.1) is 21.3 Å². The van der Waals surface area contributed by atoms with Crippen LogP contribution in [0.1, 0.15) is 23.1 Å².